The van der Waals surface area contributed by atoms with Crippen molar-refractivity contribution in [3.63, 3.8) is 0 Å². The fourth-order valence-corrected chi connectivity index (χ4v) is 14.7. The average Bonchev–Trinajstić information content (AvgIpc) is 0.764. The summed E-state index contributed by atoms with van der Waals surface area (Å²) in [6.45, 7) is 8.78. The van der Waals surface area contributed by atoms with Crippen molar-refractivity contribution in [3.05, 3.63) is 118 Å². The lowest BCUT2D eigenvalue weighted by molar-refractivity contribution is -0.333. The van der Waals surface area contributed by atoms with Crippen LogP contribution in [-0.4, -0.2) is 224 Å². The molecule has 8 amide bonds. The van der Waals surface area contributed by atoms with E-state index >= 15 is 24.0 Å². The van der Waals surface area contributed by atoms with Crippen molar-refractivity contribution in [3.8, 4) is 57.1 Å². The molecule has 0 saturated carbocycles. The molecule has 37 heteroatoms. The molecule has 5 aromatic carbocycles. The number of phenolic OH excluding ortho intramolecular Hbond substituents is 3. The summed E-state index contributed by atoms with van der Waals surface area (Å²) >= 11 is 7.17. The van der Waals surface area contributed by atoms with Gasteiger partial charge in [0, 0.05) is 55.2 Å². The fraction of sp³-hybridized carbons (Fsp3) is 0.493. The summed E-state index contributed by atoms with van der Waals surface area (Å²) < 4.78 is 52.0. The van der Waals surface area contributed by atoms with Crippen LogP contribution < -0.4 is 73.5 Å². The second kappa shape index (κ2) is 34.0. The first-order chi connectivity index (χ1) is 52.9. The zero-order valence-electron chi connectivity index (χ0n) is 62.3. The molecule has 13 rings (SSSR count). The highest BCUT2D eigenvalue weighted by Crippen LogP contribution is 2.50. The minimum atomic E-state index is -2.30. The van der Waals surface area contributed by atoms with Crippen molar-refractivity contribution in [1.29, 1.82) is 0 Å². The third kappa shape index (κ3) is 17.7. The fourth-order valence-electron chi connectivity index (χ4n) is 14.5. The van der Waals surface area contributed by atoms with E-state index in [9.17, 15) is 60.3 Å². The molecular formula is C75H94ClN11O25. The van der Waals surface area contributed by atoms with Gasteiger partial charge in [-0.2, -0.15) is 0 Å². The van der Waals surface area contributed by atoms with Gasteiger partial charge < -0.3 is 143 Å². The number of hydrogen-bond donors (Lipinski definition) is 20. The third-order valence-electron chi connectivity index (χ3n) is 20.6. The highest BCUT2D eigenvalue weighted by atomic mass is 35.5. The molecule has 0 aliphatic carbocycles. The van der Waals surface area contributed by atoms with E-state index in [0.717, 1.165) is 42.5 Å². The van der Waals surface area contributed by atoms with Crippen LogP contribution >= 0.6 is 11.6 Å². The van der Waals surface area contributed by atoms with Crippen molar-refractivity contribution >= 4 is 58.9 Å². The van der Waals surface area contributed by atoms with Gasteiger partial charge in [-0.3, -0.25) is 38.4 Å². The largest absolute Gasteiger partial charge is 0.508 e. The molecule has 606 valence electrons. The normalized spacial score (nSPS) is 31.8. The van der Waals surface area contributed by atoms with Crippen molar-refractivity contribution in [2.24, 2.45) is 17.4 Å². The molecule has 0 aromatic heterocycles. The lowest BCUT2D eigenvalue weighted by atomic mass is 9.86. The number of aliphatic hydroxyl groups excluding tert-OH is 6. The number of carbonyl (C=O) groups excluding carboxylic acids is 8. The van der Waals surface area contributed by atoms with E-state index < -0.39 is 239 Å². The number of nitrogens with one attached hydrogen (secondary N) is 9. The van der Waals surface area contributed by atoms with Crippen LogP contribution in [0.4, 0.5) is 0 Å². The van der Waals surface area contributed by atoms with E-state index in [-0.39, 0.29) is 69.5 Å². The molecule has 22 N–H and O–H groups in total. The SMILES string of the molecule is CNC(=O)C[C@@H]1NC(=O)[C@H](NC(=O)[C@@H](CC(C)C)NC)[C@H](O)c2ccc(c(Cl)c2)Oc2cc3cc(c2O[C@@H]2O[C@H](CO)[C@@H](O)[C@H](O)[C@H]2O[C@H]2C[C@](C)(N)[C@@H](O)[C@H](C)O2)Oc2ccc(cc2)[C@@H](O[C@H]2C[C@](C)(N)[C@@H](O)[C@H](C)O2)[C@@H]2NC(=O)[C@H](NC(=O)[C@@H]3NC1=O)c1ccc(O)c(c1)-c1c(O)cc(O)cc1[C@@H](C(=O)NC)NC2=O. The van der Waals surface area contributed by atoms with Gasteiger partial charge in [-0.1, -0.05) is 49.7 Å². The average molecular weight is 1590 g/mol. The first kappa shape index (κ1) is 83.3. The lowest BCUT2D eigenvalue weighted by Gasteiger charge is -2.47. The van der Waals surface area contributed by atoms with Gasteiger partial charge in [0.2, 0.25) is 59.3 Å². The van der Waals surface area contributed by atoms with Gasteiger partial charge >= 0.3 is 0 Å². The van der Waals surface area contributed by atoms with Gasteiger partial charge in [0.1, 0.15) is 95.5 Å². The number of benzene rings is 5. The minimum Gasteiger partial charge on any atom is -0.508 e. The van der Waals surface area contributed by atoms with E-state index in [4.69, 9.17) is 61.0 Å². The first-order valence-electron chi connectivity index (χ1n) is 36.2. The van der Waals surface area contributed by atoms with Crippen LogP contribution in [0.1, 0.15) is 125 Å². The molecular weight excluding hydrogens is 1490 g/mol. The van der Waals surface area contributed by atoms with Crippen LogP contribution in [0.3, 0.4) is 0 Å². The Labute approximate surface area is 646 Å². The highest BCUT2D eigenvalue weighted by molar-refractivity contribution is 6.32. The molecule has 0 radical (unpaired) electrons. The number of aliphatic hydroxyl groups is 6. The Hall–Kier alpha value is -9.61. The topological polar surface area (TPSA) is 553 Å². The summed E-state index contributed by atoms with van der Waals surface area (Å²) in [7, 11) is 3.92. The maximum absolute atomic E-state index is 16.5. The zero-order valence-corrected chi connectivity index (χ0v) is 63.1. The van der Waals surface area contributed by atoms with Crippen LogP contribution in [0.15, 0.2) is 84.9 Å². The van der Waals surface area contributed by atoms with Gasteiger partial charge in [-0.15, -0.1) is 0 Å². The Morgan fingerprint density at radius 2 is 1.26 bits per heavy atom. The quantitative estimate of drug-likeness (QED) is 0.0635. The van der Waals surface area contributed by atoms with E-state index in [1.165, 1.54) is 91.3 Å². The van der Waals surface area contributed by atoms with Crippen LogP contribution in [0.5, 0.6) is 46.0 Å². The van der Waals surface area contributed by atoms with Crippen LogP contribution in [0.2, 0.25) is 5.02 Å². The van der Waals surface area contributed by atoms with Crippen LogP contribution in [0.25, 0.3) is 11.1 Å². The predicted octanol–water partition coefficient (Wildman–Crippen LogP) is -0.388. The molecule has 8 aliphatic heterocycles. The minimum absolute atomic E-state index is 0.0140. The number of hydrogen-bond acceptors (Lipinski definition) is 28. The number of phenols is 3. The van der Waals surface area contributed by atoms with Crippen molar-refractivity contribution in [1.82, 2.24) is 47.9 Å². The van der Waals surface area contributed by atoms with Gasteiger partial charge in [0.25, 0.3) is 0 Å². The molecule has 36 nitrogen and oxygen atoms in total. The summed E-state index contributed by atoms with van der Waals surface area (Å²) in [5, 5.41) is 127. The van der Waals surface area contributed by atoms with Crippen molar-refractivity contribution in [2.75, 3.05) is 27.7 Å². The molecule has 11 bridgehead atoms. The Kier molecular flexibility index (Phi) is 25.3. The number of ether oxygens (including phenoxy) is 8. The third-order valence-corrected chi connectivity index (χ3v) is 20.9. The number of nitrogens with two attached hydrogens (primary N) is 2. The van der Waals surface area contributed by atoms with Gasteiger partial charge in [-0.25, -0.2) is 0 Å². The lowest BCUT2D eigenvalue weighted by Crippen LogP contribution is -2.64. The number of likely N-dealkylation sites (N-methyl/N-ethyl adjacent to an activating group) is 2. The monoisotopic (exact) mass is 1580 g/mol. The van der Waals surface area contributed by atoms with Crippen LogP contribution in [0, 0.1) is 5.92 Å². The summed E-state index contributed by atoms with van der Waals surface area (Å²) in [6, 6.07) is 2.92. The van der Waals surface area contributed by atoms with Crippen molar-refractivity contribution in [2.45, 2.75) is 201 Å². The molecule has 5 aromatic rings. The standard InChI is InChI=1S/C75H94ClN11O25/c1-29(2)18-41(79-7)66(98)86-56-58(93)34-13-17-45(40(76)20-34)108-47-22-35-21-46(62(47)112-73-63(60(95)59(94)48(28-88)109-73)111-51-27-75(6,78)65(97)31(4)106-51)107-37-14-10-32(11-15-37)61(110-50-26-74(5,77)64(96)30(3)105-50)57-72(104)85-55(68(100)81-9)39-23-36(89)24-44(91)52(39)38-19-33(12-16-43(38)90)53(69(101)87-57)84-70(102)54(35)83-67(99)42(82-71(56)103)25-49(92)80-8/h10-17,19-24,29-31,41-42,48,50-51,53-61,63-65,73,79,88-91,93-97H,18,25-28,77-78H2,1-9H3,(H,80,92)(H,81,100)(H,82,103)(H,83,99)(H,84,102)(H,85,104)(H,86,98)(H,87,101)/t30-,31-,41+,42-,48+,50-,51-,53+,54+,55-,56+,57-,58+,59+,60-,61+,63+,64-,65-,73-,74-,75-/m0/s1. The number of halogens is 1. The molecule has 22 atom stereocenters. The van der Waals surface area contributed by atoms with Gasteiger partial charge in [-0.05, 0) is 129 Å². The summed E-state index contributed by atoms with van der Waals surface area (Å²) in [5.74, 6) is -13.5. The zero-order chi connectivity index (χ0) is 81.4. The highest BCUT2D eigenvalue weighted by Gasteiger charge is 2.52. The smallest absolute Gasteiger partial charge is 0.248 e. The number of aromatic hydroxyl groups is 3. The Bertz CT molecular complexity index is 4390. The number of carbonyl (C=O) groups is 8. The summed E-state index contributed by atoms with van der Waals surface area (Å²) in [5.41, 5.74) is 8.52. The molecule has 8 aliphatic rings. The Balaban J connectivity index is 1.19. The predicted molar refractivity (Wildman–Crippen MR) is 392 cm³/mol. The second-order valence-corrected chi connectivity index (χ2v) is 30.0. The van der Waals surface area contributed by atoms with E-state index in [2.05, 4.69) is 47.9 Å². The Morgan fingerprint density at radius 1 is 0.652 bits per heavy atom. The van der Waals surface area contributed by atoms with Crippen LogP contribution in [-0.2, 0) is 62.0 Å². The summed E-state index contributed by atoms with van der Waals surface area (Å²) in [4.78, 5) is 122. The van der Waals surface area contributed by atoms with E-state index in [1.807, 2.05) is 13.8 Å². The van der Waals surface area contributed by atoms with Crippen molar-refractivity contribution < 1.29 is 122 Å². The number of fused-ring (bicyclic) bond motifs is 15. The molecule has 8 heterocycles. The number of amides is 8. The van der Waals surface area contributed by atoms with Gasteiger partial charge in [0.15, 0.2) is 30.2 Å². The molecule has 0 spiro atoms. The Morgan fingerprint density at radius 3 is 1.87 bits per heavy atom. The maximum Gasteiger partial charge on any atom is 0.248 e. The number of rotatable bonds is 15. The van der Waals surface area contributed by atoms with Gasteiger partial charge in [0.05, 0.1) is 48.5 Å². The molecule has 3 fully saturated rings. The maximum atomic E-state index is 16.5. The second-order valence-electron chi connectivity index (χ2n) is 29.6. The molecule has 0 unspecified atom stereocenters. The first-order valence-corrected chi connectivity index (χ1v) is 36.6. The van der Waals surface area contributed by atoms with E-state index in [1.54, 1.807) is 0 Å². The summed E-state index contributed by atoms with van der Waals surface area (Å²) in [6.07, 6.45) is -21.9. The molecule has 112 heavy (non-hydrogen) atoms. The van der Waals surface area contributed by atoms with E-state index in [0.29, 0.717) is 0 Å². The molecule has 3 saturated heterocycles.